The number of benzene rings is 1. The first-order chi connectivity index (χ1) is 11.0. The summed E-state index contributed by atoms with van der Waals surface area (Å²) in [4.78, 5) is 14.3. The summed E-state index contributed by atoms with van der Waals surface area (Å²) in [5.41, 5.74) is 0. The lowest BCUT2D eigenvalue weighted by molar-refractivity contribution is -0.885. The third kappa shape index (κ3) is 6.91. The molecule has 0 fully saturated rings. The topological polar surface area (TPSA) is 42.8 Å². The summed E-state index contributed by atoms with van der Waals surface area (Å²) in [5.74, 6) is 0.771. The molecule has 0 bridgehead atoms. The van der Waals surface area contributed by atoms with Crippen molar-refractivity contribution in [2.75, 3.05) is 26.7 Å². The highest BCUT2D eigenvalue weighted by molar-refractivity contribution is 9.11. The molecule has 1 aromatic heterocycles. The number of quaternary nitrogens is 1. The zero-order valence-corrected chi connectivity index (χ0v) is 15.9. The van der Waals surface area contributed by atoms with Crippen molar-refractivity contribution in [1.29, 1.82) is 0 Å². The van der Waals surface area contributed by atoms with Crippen molar-refractivity contribution in [3.8, 4) is 5.75 Å². The van der Waals surface area contributed by atoms with Crippen molar-refractivity contribution in [2.24, 2.45) is 0 Å². The molecule has 0 saturated carbocycles. The van der Waals surface area contributed by atoms with Crippen molar-refractivity contribution in [2.45, 2.75) is 6.54 Å². The fraction of sp³-hybridized carbons (Fsp3) is 0.312. The van der Waals surface area contributed by atoms with Crippen LogP contribution in [0.4, 0.5) is 0 Å². The fourth-order valence-electron chi connectivity index (χ4n) is 2.03. The Morgan fingerprint density at radius 3 is 2.70 bits per heavy atom. The van der Waals surface area contributed by atoms with Crippen LogP contribution in [0.1, 0.15) is 4.88 Å². The third-order valence-electron chi connectivity index (χ3n) is 3.07. The molecule has 0 spiro atoms. The van der Waals surface area contributed by atoms with Gasteiger partial charge in [0, 0.05) is 5.02 Å². The SMILES string of the molecule is C[NH+](CC(=O)NCCOc1ccc(Cl)cc1)Cc1ccc(Br)s1. The molecule has 0 radical (unpaired) electrons. The molecule has 0 aliphatic carbocycles. The molecule has 4 nitrogen and oxygen atoms in total. The Kier molecular flexibility index (Phi) is 7.36. The van der Waals surface area contributed by atoms with Crippen LogP contribution in [-0.4, -0.2) is 32.7 Å². The van der Waals surface area contributed by atoms with Crippen molar-refractivity contribution in [3.05, 3.63) is 50.1 Å². The summed E-state index contributed by atoms with van der Waals surface area (Å²) < 4.78 is 6.65. The third-order valence-corrected chi connectivity index (χ3v) is 4.95. The molecule has 2 rings (SSSR count). The number of carbonyl (C=O) groups excluding carboxylic acids is 1. The van der Waals surface area contributed by atoms with Crippen LogP contribution in [0.2, 0.25) is 5.02 Å². The zero-order chi connectivity index (χ0) is 16.7. The normalized spacial score (nSPS) is 12.0. The van der Waals surface area contributed by atoms with Gasteiger partial charge in [0.1, 0.15) is 18.9 Å². The number of halogens is 2. The highest BCUT2D eigenvalue weighted by atomic mass is 79.9. The molecule has 0 aliphatic heterocycles. The van der Waals surface area contributed by atoms with Gasteiger partial charge in [0.2, 0.25) is 0 Å². The van der Waals surface area contributed by atoms with Crippen LogP contribution in [0.3, 0.4) is 0 Å². The highest BCUT2D eigenvalue weighted by Crippen LogP contribution is 2.21. The second-order valence-corrected chi connectivity index (χ2v) is 8.15. The fourth-order valence-corrected chi connectivity index (χ4v) is 3.76. The van der Waals surface area contributed by atoms with E-state index in [0.29, 0.717) is 24.7 Å². The van der Waals surface area contributed by atoms with E-state index in [2.05, 4.69) is 27.3 Å². The summed E-state index contributed by atoms with van der Waals surface area (Å²) in [6.07, 6.45) is 0. The van der Waals surface area contributed by atoms with Gasteiger partial charge >= 0.3 is 0 Å². The maximum atomic E-state index is 11.9. The van der Waals surface area contributed by atoms with Crippen LogP contribution in [0, 0.1) is 0 Å². The van der Waals surface area contributed by atoms with Crippen LogP contribution >= 0.6 is 38.9 Å². The first kappa shape index (κ1) is 18.3. The first-order valence-corrected chi connectivity index (χ1v) is 9.22. The van der Waals surface area contributed by atoms with E-state index < -0.39 is 0 Å². The Bertz CT molecular complexity index is 633. The standard InChI is InChI=1S/C16H18BrClN2O2S/c1-20(10-14-6-7-15(17)23-14)11-16(21)19-8-9-22-13-4-2-12(18)3-5-13/h2-7H,8-11H2,1H3,(H,19,21)/p+1. The number of ether oxygens (including phenoxy) is 1. The van der Waals surface area contributed by atoms with E-state index in [4.69, 9.17) is 16.3 Å². The van der Waals surface area contributed by atoms with Crippen LogP contribution in [0.5, 0.6) is 5.75 Å². The average Bonchev–Trinajstić information content (AvgIpc) is 2.90. The quantitative estimate of drug-likeness (QED) is 0.646. The lowest BCUT2D eigenvalue weighted by atomic mass is 10.3. The van der Waals surface area contributed by atoms with Crippen LogP contribution in [-0.2, 0) is 11.3 Å². The molecule has 1 heterocycles. The minimum atomic E-state index is 0.0258. The number of amides is 1. The summed E-state index contributed by atoms with van der Waals surface area (Å²) in [5, 5.41) is 3.54. The molecular formula is C16H19BrClN2O2S+. The van der Waals surface area contributed by atoms with Gasteiger partial charge in [0.15, 0.2) is 6.54 Å². The number of nitrogens with one attached hydrogen (secondary N) is 2. The van der Waals surface area contributed by atoms with E-state index in [9.17, 15) is 4.79 Å². The number of hydrogen-bond acceptors (Lipinski definition) is 3. The average molecular weight is 419 g/mol. The van der Waals surface area contributed by atoms with Gasteiger partial charge in [0.05, 0.1) is 22.3 Å². The van der Waals surface area contributed by atoms with Gasteiger partial charge < -0.3 is 15.0 Å². The van der Waals surface area contributed by atoms with Crippen LogP contribution in [0.25, 0.3) is 0 Å². The Hall–Kier alpha value is -1.08. The van der Waals surface area contributed by atoms with Gasteiger partial charge in [-0.25, -0.2) is 0 Å². The molecule has 124 valence electrons. The maximum absolute atomic E-state index is 11.9. The van der Waals surface area contributed by atoms with Crippen molar-refractivity contribution < 1.29 is 14.4 Å². The predicted octanol–water partition coefficient (Wildman–Crippen LogP) is 2.37. The van der Waals surface area contributed by atoms with Gasteiger partial charge in [-0.3, -0.25) is 4.79 Å². The van der Waals surface area contributed by atoms with Crippen LogP contribution in [0.15, 0.2) is 40.2 Å². The minimum Gasteiger partial charge on any atom is -0.492 e. The Morgan fingerprint density at radius 1 is 1.30 bits per heavy atom. The largest absolute Gasteiger partial charge is 0.492 e. The van der Waals surface area contributed by atoms with E-state index in [-0.39, 0.29) is 5.91 Å². The van der Waals surface area contributed by atoms with E-state index in [1.54, 1.807) is 35.6 Å². The Morgan fingerprint density at radius 2 is 2.04 bits per heavy atom. The molecular weight excluding hydrogens is 400 g/mol. The lowest BCUT2D eigenvalue weighted by Crippen LogP contribution is -3.08. The van der Waals surface area contributed by atoms with Crippen molar-refractivity contribution >= 4 is 44.8 Å². The van der Waals surface area contributed by atoms with E-state index in [1.165, 1.54) is 4.88 Å². The smallest absolute Gasteiger partial charge is 0.275 e. The molecule has 2 N–H and O–H groups in total. The number of likely N-dealkylation sites (N-methyl/N-ethyl adjacent to an activating group) is 1. The van der Waals surface area contributed by atoms with Gasteiger partial charge in [0.25, 0.3) is 5.91 Å². The van der Waals surface area contributed by atoms with Crippen LogP contribution < -0.4 is 15.0 Å². The monoisotopic (exact) mass is 417 g/mol. The molecule has 0 saturated heterocycles. The summed E-state index contributed by atoms with van der Waals surface area (Å²) in [6, 6.07) is 11.3. The number of hydrogen-bond donors (Lipinski definition) is 2. The number of thiophene rings is 1. The summed E-state index contributed by atoms with van der Waals surface area (Å²) in [7, 11) is 2.01. The van der Waals surface area contributed by atoms with E-state index >= 15 is 0 Å². The van der Waals surface area contributed by atoms with Crippen molar-refractivity contribution in [1.82, 2.24) is 5.32 Å². The first-order valence-electron chi connectivity index (χ1n) is 7.23. The maximum Gasteiger partial charge on any atom is 0.275 e. The summed E-state index contributed by atoms with van der Waals surface area (Å²) in [6.45, 7) is 2.20. The zero-order valence-electron chi connectivity index (χ0n) is 12.8. The second kappa shape index (κ2) is 9.27. The minimum absolute atomic E-state index is 0.0258. The van der Waals surface area contributed by atoms with Gasteiger partial charge in [-0.2, -0.15) is 0 Å². The van der Waals surface area contributed by atoms with Gasteiger partial charge in [-0.15, -0.1) is 11.3 Å². The number of carbonyl (C=O) groups is 1. The molecule has 0 aliphatic rings. The molecule has 1 unspecified atom stereocenters. The predicted molar refractivity (Wildman–Crippen MR) is 97.4 cm³/mol. The number of rotatable bonds is 8. The molecule has 23 heavy (non-hydrogen) atoms. The molecule has 1 amide bonds. The molecule has 7 heteroatoms. The van der Waals surface area contributed by atoms with Gasteiger partial charge in [-0.1, -0.05) is 11.6 Å². The van der Waals surface area contributed by atoms with E-state index in [0.717, 1.165) is 21.0 Å². The second-order valence-electron chi connectivity index (χ2n) is 5.17. The lowest BCUT2D eigenvalue weighted by Gasteiger charge is -2.13. The summed E-state index contributed by atoms with van der Waals surface area (Å²) >= 11 is 11.0. The van der Waals surface area contributed by atoms with Crippen molar-refractivity contribution in [3.63, 3.8) is 0 Å². The Balaban J connectivity index is 1.61. The molecule has 2 aromatic rings. The molecule has 1 aromatic carbocycles. The molecule has 1 atom stereocenters. The highest BCUT2D eigenvalue weighted by Gasteiger charge is 2.11. The van der Waals surface area contributed by atoms with Gasteiger partial charge in [-0.05, 0) is 52.3 Å². The van der Waals surface area contributed by atoms with E-state index in [1.807, 2.05) is 13.1 Å². The Labute approximate surface area is 153 Å².